The number of anilines is 1. The third-order valence-electron chi connectivity index (χ3n) is 2.03. The predicted octanol–water partition coefficient (Wildman–Crippen LogP) is 1.36. The molecule has 0 aliphatic carbocycles. The first-order valence-corrected chi connectivity index (χ1v) is 4.92. The van der Waals surface area contributed by atoms with E-state index in [1.807, 2.05) is 13.0 Å². The van der Waals surface area contributed by atoms with Gasteiger partial charge in [0.2, 0.25) is 5.91 Å². The van der Waals surface area contributed by atoms with Crippen LogP contribution >= 0.6 is 12.6 Å². The topological polar surface area (TPSA) is 49.3 Å². The van der Waals surface area contributed by atoms with Crippen LogP contribution in [0.5, 0.6) is 0 Å². The Morgan fingerprint density at radius 3 is 2.86 bits per heavy atom. The molecule has 76 valence electrons. The van der Waals surface area contributed by atoms with Crippen LogP contribution in [0, 0.1) is 6.92 Å². The fourth-order valence-corrected chi connectivity index (χ4v) is 1.26. The van der Waals surface area contributed by atoms with Crippen LogP contribution < -0.4 is 5.32 Å². The average Bonchev–Trinajstić information content (AvgIpc) is 2.21. The fraction of sp³-hybridized carbons (Fsp3) is 0.300. The van der Waals surface area contributed by atoms with Crippen molar-refractivity contribution >= 4 is 24.2 Å². The van der Waals surface area contributed by atoms with Crippen molar-refractivity contribution in [2.24, 2.45) is 0 Å². The predicted molar refractivity (Wildman–Crippen MR) is 59.6 cm³/mol. The number of aliphatic hydroxyl groups is 1. The van der Waals surface area contributed by atoms with Crippen LogP contribution in [0.3, 0.4) is 0 Å². The molecule has 0 unspecified atom stereocenters. The second kappa shape index (κ2) is 5.02. The van der Waals surface area contributed by atoms with E-state index in [9.17, 15) is 4.79 Å². The van der Waals surface area contributed by atoms with E-state index < -0.39 is 0 Å². The summed E-state index contributed by atoms with van der Waals surface area (Å²) < 4.78 is 0. The second-order valence-corrected chi connectivity index (χ2v) is 3.27. The molecule has 3 nitrogen and oxygen atoms in total. The summed E-state index contributed by atoms with van der Waals surface area (Å²) in [5.74, 6) is 0.00881. The molecule has 0 radical (unpaired) electrons. The molecule has 0 fully saturated rings. The zero-order valence-electron chi connectivity index (χ0n) is 7.95. The van der Waals surface area contributed by atoms with Crippen LogP contribution in [0.25, 0.3) is 0 Å². The number of benzene rings is 1. The monoisotopic (exact) mass is 211 g/mol. The Morgan fingerprint density at radius 2 is 2.29 bits per heavy atom. The molecule has 0 heterocycles. The van der Waals surface area contributed by atoms with Crippen molar-refractivity contribution in [3.63, 3.8) is 0 Å². The largest absolute Gasteiger partial charge is 0.392 e. The van der Waals surface area contributed by atoms with Crippen molar-refractivity contribution in [3.8, 4) is 0 Å². The Kier molecular flexibility index (Phi) is 3.98. The Balaban J connectivity index is 2.92. The minimum Gasteiger partial charge on any atom is -0.392 e. The number of hydrogen-bond acceptors (Lipinski definition) is 3. The highest BCUT2D eigenvalue weighted by Crippen LogP contribution is 2.18. The van der Waals surface area contributed by atoms with Crippen molar-refractivity contribution in [1.29, 1.82) is 0 Å². The molecule has 0 aliphatic heterocycles. The lowest BCUT2D eigenvalue weighted by Crippen LogP contribution is -2.14. The quantitative estimate of drug-likeness (QED) is 0.661. The van der Waals surface area contributed by atoms with Gasteiger partial charge in [0.1, 0.15) is 0 Å². The number of rotatable bonds is 3. The number of carbonyl (C=O) groups excluding carboxylic acids is 1. The van der Waals surface area contributed by atoms with Crippen LogP contribution in [0.2, 0.25) is 0 Å². The van der Waals surface area contributed by atoms with Gasteiger partial charge in [-0.2, -0.15) is 12.6 Å². The lowest BCUT2D eigenvalue weighted by Gasteiger charge is -2.10. The lowest BCUT2D eigenvalue weighted by atomic mass is 10.1. The number of hydrogen-bond donors (Lipinski definition) is 3. The fourth-order valence-electron chi connectivity index (χ4n) is 1.18. The molecule has 0 aromatic heterocycles. The van der Waals surface area contributed by atoms with Gasteiger partial charge in [0.15, 0.2) is 0 Å². The summed E-state index contributed by atoms with van der Waals surface area (Å²) in [5.41, 5.74) is 2.45. The standard InChI is InChI=1S/C10H13NO2S/c1-7-8(5-12)3-2-4-9(7)11-10(13)6-14/h2-4,12,14H,5-6H2,1H3,(H,11,13). The van der Waals surface area contributed by atoms with Gasteiger partial charge >= 0.3 is 0 Å². The summed E-state index contributed by atoms with van der Waals surface area (Å²) in [7, 11) is 0. The van der Waals surface area contributed by atoms with Crippen molar-refractivity contribution < 1.29 is 9.90 Å². The number of carbonyl (C=O) groups is 1. The zero-order chi connectivity index (χ0) is 10.6. The minimum absolute atomic E-state index is 0.0174. The molecule has 0 saturated carbocycles. The van der Waals surface area contributed by atoms with Gasteiger partial charge in [-0.25, -0.2) is 0 Å². The Morgan fingerprint density at radius 1 is 1.57 bits per heavy atom. The summed E-state index contributed by atoms with van der Waals surface area (Å²) in [5, 5.41) is 11.7. The zero-order valence-corrected chi connectivity index (χ0v) is 8.84. The lowest BCUT2D eigenvalue weighted by molar-refractivity contribution is -0.113. The third-order valence-corrected chi connectivity index (χ3v) is 2.32. The van der Waals surface area contributed by atoms with Crippen molar-refractivity contribution in [2.75, 3.05) is 11.1 Å². The van der Waals surface area contributed by atoms with Gasteiger partial charge in [0.25, 0.3) is 0 Å². The molecule has 4 heteroatoms. The van der Waals surface area contributed by atoms with Crippen LogP contribution in [0.4, 0.5) is 5.69 Å². The summed E-state index contributed by atoms with van der Waals surface area (Å²) in [6.45, 7) is 1.84. The molecule has 0 spiro atoms. The smallest absolute Gasteiger partial charge is 0.234 e. The maximum atomic E-state index is 11.1. The van der Waals surface area contributed by atoms with Crippen LogP contribution in [0.15, 0.2) is 18.2 Å². The van der Waals surface area contributed by atoms with Crippen LogP contribution in [-0.2, 0) is 11.4 Å². The van der Waals surface area contributed by atoms with E-state index in [0.717, 1.165) is 16.8 Å². The van der Waals surface area contributed by atoms with E-state index in [1.54, 1.807) is 12.1 Å². The van der Waals surface area contributed by atoms with Gasteiger partial charge in [0, 0.05) is 5.69 Å². The summed E-state index contributed by atoms with van der Waals surface area (Å²) in [6.07, 6.45) is 0. The van der Waals surface area contributed by atoms with Crippen LogP contribution in [0.1, 0.15) is 11.1 Å². The molecule has 0 atom stereocenters. The van der Waals surface area contributed by atoms with Gasteiger partial charge in [-0.05, 0) is 24.1 Å². The minimum atomic E-state index is -0.147. The van der Waals surface area contributed by atoms with Gasteiger partial charge in [-0.1, -0.05) is 12.1 Å². The summed E-state index contributed by atoms with van der Waals surface area (Å²) in [6, 6.07) is 5.42. The first-order chi connectivity index (χ1) is 6.69. The van der Waals surface area contributed by atoms with Crippen molar-refractivity contribution in [3.05, 3.63) is 29.3 Å². The Labute approximate surface area is 88.6 Å². The van der Waals surface area contributed by atoms with Crippen LogP contribution in [-0.4, -0.2) is 16.8 Å². The highest BCUT2D eigenvalue weighted by Gasteiger charge is 2.05. The molecule has 1 rings (SSSR count). The number of amides is 1. The maximum Gasteiger partial charge on any atom is 0.234 e. The maximum absolute atomic E-state index is 11.1. The van der Waals surface area contributed by atoms with E-state index in [-0.39, 0.29) is 18.3 Å². The molecule has 0 bridgehead atoms. The molecule has 14 heavy (non-hydrogen) atoms. The van der Waals surface area contributed by atoms with Crippen molar-refractivity contribution in [2.45, 2.75) is 13.5 Å². The van der Waals surface area contributed by atoms with Gasteiger partial charge in [-0.3, -0.25) is 4.79 Å². The SMILES string of the molecule is Cc1c(CO)cccc1NC(=O)CS. The number of thiol groups is 1. The number of nitrogens with one attached hydrogen (secondary N) is 1. The Bertz CT molecular complexity index is 339. The van der Waals surface area contributed by atoms with Gasteiger partial charge in [-0.15, -0.1) is 0 Å². The third kappa shape index (κ3) is 2.49. The molecular weight excluding hydrogens is 198 g/mol. The molecule has 0 aliphatic rings. The first-order valence-electron chi connectivity index (χ1n) is 4.29. The number of aliphatic hydroxyl groups excluding tert-OH is 1. The highest BCUT2D eigenvalue weighted by molar-refractivity contribution is 7.81. The molecule has 1 aromatic rings. The van der Waals surface area contributed by atoms with Crippen molar-refractivity contribution in [1.82, 2.24) is 0 Å². The normalized spacial score (nSPS) is 9.93. The van der Waals surface area contributed by atoms with E-state index >= 15 is 0 Å². The second-order valence-electron chi connectivity index (χ2n) is 2.95. The van der Waals surface area contributed by atoms with E-state index in [4.69, 9.17) is 5.11 Å². The summed E-state index contributed by atoms with van der Waals surface area (Å²) in [4.78, 5) is 11.1. The summed E-state index contributed by atoms with van der Waals surface area (Å²) >= 11 is 3.87. The average molecular weight is 211 g/mol. The molecular formula is C10H13NO2S. The first kappa shape index (κ1) is 11.1. The molecule has 2 N–H and O–H groups in total. The van der Waals surface area contributed by atoms with E-state index in [2.05, 4.69) is 17.9 Å². The van der Waals surface area contributed by atoms with E-state index in [0.29, 0.717) is 0 Å². The molecule has 0 saturated heterocycles. The highest BCUT2D eigenvalue weighted by atomic mass is 32.1. The molecule has 1 amide bonds. The molecule has 1 aromatic carbocycles. The van der Waals surface area contributed by atoms with E-state index in [1.165, 1.54) is 0 Å². The van der Waals surface area contributed by atoms with Gasteiger partial charge < -0.3 is 10.4 Å². The Hall–Kier alpha value is -1.000. The van der Waals surface area contributed by atoms with Gasteiger partial charge in [0.05, 0.1) is 12.4 Å².